The molecule has 1 aromatic carbocycles. The van der Waals surface area contributed by atoms with Gasteiger partial charge >= 0.3 is 0 Å². The number of nitrogens with one attached hydrogen (secondary N) is 2. The molecule has 3 rings (SSSR count). The molecule has 1 aliphatic carbocycles. The van der Waals surface area contributed by atoms with Gasteiger partial charge in [-0.05, 0) is 43.0 Å². The van der Waals surface area contributed by atoms with E-state index in [4.69, 9.17) is 5.73 Å². The van der Waals surface area contributed by atoms with Crippen LogP contribution in [0.2, 0.25) is 0 Å². The van der Waals surface area contributed by atoms with Crippen molar-refractivity contribution in [3.8, 4) is 0 Å². The average molecular weight is 372 g/mol. The van der Waals surface area contributed by atoms with Crippen LogP contribution in [0, 0.1) is 11.8 Å². The van der Waals surface area contributed by atoms with Crippen LogP contribution in [0.25, 0.3) is 0 Å². The largest absolute Gasteiger partial charge is 0.397 e. The number of hydrogen-bond donors (Lipinski definition) is 3. The highest BCUT2D eigenvalue weighted by molar-refractivity contribution is 7.14. The Labute approximate surface area is 158 Å². The molecule has 0 radical (unpaired) electrons. The van der Waals surface area contributed by atoms with E-state index < -0.39 is 0 Å². The van der Waals surface area contributed by atoms with Crippen LogP contribution >= 0.6 is 11.3 Å². The highest BCUT2D eigenvalue weighted by Gasteiger charge is 2.26. The van der Waals surface area contributed by atoms with Gasteiger partial charge in [-0.25, -0.2) is 0 Å². The molecule has 0 bridgehead atoms. The molecule has 1 atom stereocenters. The first-order valence-electron chi connectivity index (χ1n) is 9.07. The summed E-state index contributed by atoms with van der Waals surface area (Å²) in [7, 11) is 0. The Bertz CT molecular complexity index is 781. The summed E-state index contributed by atoms with van der Waals surface area (Å²) >= 11 is 1.38. The maximum Gasteiger partial charge on any atom is 0.265 e. The summed E-state index contributed by atoms with van der Waals surface area (Å²) in [6, 6.07) is 10.8. The zero-order valence-electron chi connectivity index (χ0n) is 15.0. The molecule has 0 saturated heterocycles. The number of nitrogen functional groups attached to an aromatic ring is 1. The number of carbonyl (C=O) groups excluding carboxylic acids is 2. The molecule has 138 valence electrons. The summed E-state index contributed by atoms with van der Waals surface area (Å²) in [6.45, 7) is 2.48. The van der Waals surface area contributed by atoms with Crippen LogP contribution in [-0.4, -0.2) is 11.8 Å². The molecule has 5 nitrogen and oxygen atoms in total. The Morgan fingerprint density at radius 2 is 1.92 bits per heavy atom. The molecule has 2 aromatic rings. The molecule has 1 aromatic heterocycles. The van der Waals surface area contributed by atoms with Gasteiger partial charge in [0.25, 0.3) is 5.91 Å². The van der Waals surface area contributed by atoms with Gasteiger partial charge < -0.3 is 16.4 Å². The minimum absolute atomic E-state index is 0.0567. The molecule has 4 N–H and O–H groups in total. The fourth-order valence-electron chi connectivity index (χ4n) is 3.40. The standard InChI is InChI=1S/C20H25N3O2S/c1-13(14-6-2-3-7-14)19(24)22-12-15-10-11-18(26-15)20(25)23-17-9-5-4-8-16(17)21/h4-5,8-11,13-14H,2-3,6-7,12,21H2,1H3,(H,22,24)(H,23,25). The number of anilines is 2. The molecular weight excluding hydrogens is 346 g/mol. The zero-order chi connectivity index (χ0) is 18.5. The predicted molar refractivity (Wildman–Crippen MR) is 106 cm³/mol. The molecule has 1 fully saturated rings. The maximum absolute atomic E-state index is 12.4. The number of amides is 2. The van der Waals surface area contributed by atoms with Crippen molar-refractivity contribution in [2.24, 2.45) is 11.8 Å². The van der Waals surface area contributed by atoms with E-state index in [-0.39, 0.29) is 17.7 Å². The summed E-state index contributed by atoms with van der Waals surface area (Å²) in [5, 5.41) is 5.83. The number of thiophene rings is 1. The lowest BCUT2D eigenvalue weighted by Crippen LogP contribution is -2.32. The second-order valence-corrected chi connectivity index (χ2v) is 8.03. The maximum atomic E-state index is 12.4. The molecule has 26 heavy (non-hydrogen) atoms. The van der Waals surface area contributed by atoms with Crippen LogP contribution in [0.3, 0.4) is 0 Å². The van der Waals surface area contributed by atoms with E-state index in [0.717, 1.165) is 17.7 Å². The summed E-state index contributed by atoms with van der Waals surface area (Å²) in [6.07, 6.45) is 4.77. The Balaban J connectivity index is 1.53. The number of carbonyl (C=O) groups is 2. The average Bonchev–Trinajstić information content (AvgIpc) is 3.33. The van der Waals surface area contributed by atoms with Gasteiger partial charge in [0.15, 0.2) is 0 Å². The Morgan fingerprint density at radius 1 is 1.19 bits per heavy atom. The number of rotatable bonds is 6. The lowest BCUT2D eigenvalue weighted by Gasteiger charge is -2.17. The fourth-order valence-corrected chi connectivity index (χ4v) is 4.24. The number of nitrogens with two attached hydrogens (primary N) is 1. The Morgan fingerprint density at radius 3 is 2.65 bits per heavy atom. The smallest absolute Gasteiger partial charge is 0.265 e. The van der Waals surface area contributed by atoms with Crippen LogP contribution in [0.4, 0.5) is 11.4 Å². The highest BCUT2D eigenvalue weighted by atomic mass is 32.1. The predicted octanol–water partition coefficient (Wildman–Crippen LogP) is 4.03. The minimum Gasteiger partial charge on any atom is -0.397 e. The number of para-hydroxylation sites is 2. The first-order valence-corrected chi connectivity index (χ1v) is 9.88. The lowest BCUT2D eigenvalue weighted by atomic mass is 9.92. The number of hydrogen-bond acceptors (Lipinski definition) is 4. The first-order chi connectivity index (χ1) is 12.5. The van der Waals surface area contributed by atoms with Crippen LogP contribution in [0.15, 0.2) is 36.4 Å². The van der Waals surface area contributed by atoms with E-state index >= 15 is 0 Å². The second kappa shape index (κ2) is 8.36. The van der Waals surface area contributed by atoms with Gasteiger partial charge in [0.2, 0.25) is 5.91 Å². The summed E-state index contributed by atoms with van der Waals surface area (Å²) < 4.78 is 0. The van der Waals surface area contributed by atoms with Crippen molar-refractivity contribution in [2.45, 2.75) is 39.2 Å². The lowest BCUT2D eigenvalue weighted by molar-refractivity contribution is -0.126. The molecule has 1 heterocycles. The van der Waals surface area contributed by atoms with Crippen LogP contribution in [0.1, 0.15) is 47.2 Å². The molecule has 0 spiro atoms. The van der Waals surface area contributed by atoms with E-state index in [1.165, 1.54) is 24.2 Å². The van der Waals surface area contributed by atoms with E-state index in [1.807, 2.05) is 25.1 Å². The normalized spacial score (nSPS) is 15.6. The van der Waals surface area contributed by atoms with Crippen molar-refractivity contribution in [3.63, 3.8) is 0 Å². The third kappa shape index (κ3) is 4.43. The molecule has 2 amide bonds. The second-order valence-electron chi connectivity index (χ2n) is 6.86. The highest BCUT2D eigenvalue weighted by Crippen LogP contribution is 2.31. The monoisotopic (exact) mass is 371 g/mol. The van der Waals surface area contributed by atoms with Crippen LogP contribution in [-0.2, 0) is 11.3 Å². The van der Waals surface area contributed by atoms with Gasteiger partial charge in [-0.2, -0.15) is 0 Å². The number of benzene rings is 1. The first kappa shape index (κ1) is 18.5. The van der Waals surface area contributed by atoms with Crippen molar-refractivity contribution in [1.82, 2.24) is 5.32 Å². The summed E-state index contributed by atoms with van der Waals surface area (Å²) in [5.41, 5.74) is 6.99. The van der Waals surface area contributed by atoms with E-state index in [0.29, 0.717) is 28.7 Å². The minimum atomic E-state index is -0.190. The summed E-state index contributed by atoms with van der Waals surface area (Å²) in [4.78, 5) is 26.2. The molecule has 1 aliphatic rings. The van der Waals surface area contributed by atoms with Gasteiger partial charge in [0, 0.05) is 10.8 Å². The fraction of sp³-hybridized carbons (Fsp3) is 0.400. The van der Waals surface area contributed by atoms with Crippen molar-refractivity contribution in [2.75, 3.05) is 11.1 Å². The van der Waals surface area contributed by atoms with E-state index in [1.54, 1.807) is 18.2 Å². The summed E-state index contributed by atoms with van der Waals surface area (Å²) in [5.74, 6) is 0.482. The SMILES string of the molecule is CC(C(=O)NCc1ccc(C(=O)Nc2ccccc2N)s1)C1CCCC1. The molecule has 1 saturated carbocycles. The van der Waals surface area contributed by atoms with Crippen LogP contribution in [0.5, 0.6) is 0 Å². The Kier molecular flexibility index (Phi) is 5.93. The van der Waals surface area contributed by atoms with Crippen molar-refractivity contribution in [1.29, 1.82) is 0 Å². The van der Waals surface area contributed by atoms with E-state index in [9.17, 15) is 9.59 Å². The van der Waals surface area contributed by atoms with Crippen molar-refractivity contribution in [3.05, 3.63) is 46.2 Å². The van der Waals surface area contributed by atoms with Gasteiger partial charge in [-0.15, -0.1) is 11.3 Å². The molecular formula is C20H25N3O2S. The van der Waals surface area contributed by atoms with Crippen LogP contribution < -0.4 is 16.4 Å². The third-order valence-corrected chi connectivity index (χ3v) is 6.14. The quantitative estimate of drug-likeness (QED) is 0.670. The molecule has 6 heteroatoms. The van der Waals surface area contributed by atoms with Crippen molar-refractivity contribution < 1.29 is 9.59 Å². The van der Waals surface area contributed by atoms with Gasteiger partial charge in [0.05, 0.1) is 22.8 Å². The van der Waals surface area contributed by atoms with Gasteiger partial charge in [-0.3, -0.25) is 9.59 Å². The zero-order valence-corrected chi connectivity index (χ0v) is 15.8. The topological polar surface area (TPSA) is 84.2 Å². The van der Waals surface area contributed by atoms with Gasteiger partial charge in [-0.1, -0.05) is 31.9 Å². The Hall–Kier alpha value is -2.34. The molecule has 1 unspecified atom stereocenters. The molecule has 0 aliphatic heterocycles. The third-order valence-electron chi connectivity index (χ3n) is 5.05. The van der Waals surface area contributed by atoms with Gasteiger partial charge in [0.1, 0.15) is 0 Å². The van der Waals surface area contributed by atoms with Crippen molar-refractivity contribution >= 4 is 34.5 Å². The van der Waals surface area contributed by atoms with E-state index in [2.05, 4.69) is 10.6 Å².